The Bertz CT molecular complexity index is 1210. The molecule has 1 fully saturated rings. The lowest BCUT2D eigenvalue weighted by Gasteiger charge is -2.25. The van der Waals surface area contributed by atoms with E-state index in [2.05, 4.69) is 4.18 Å². The average molecular weight is 555 g/mol. The fourth-order valence-corrected chi connectivity index (χ4v) is 5.28. The van der Waals surface area contributed by atoms with E-state index in [9.17, 15) is 21.6 Å². The van der Waals surface area contributed by atoms with E-state index in [0.29, 0.717) is 0 Å². The van der Waals surface area contributed by atoms with E-state index in [1.54, 1.807) is 0 Å². The molecule has 37 heavy (non-hydrogen) atoms. The van der Waals surface area contributed by atoms with Gasteiger partial charge in [0.25, 0.3) is 0 Å². The molecular weight excluding hydrogens is 529 g/mol. The number of thioether (sulfide) groups is 1. The molecular formula is C26H25F3O6S2. The van der Waals surface area contributed by atoms with Gasteiger partial charge in [-0.1, -0.05) is 90.6 Å². The summed E-state index contributed by atoms with van der Waals surface area (Å²) in [5.41, 5.74) is -4.54. The summed E-state index contributed by atoms with van der Waals surface area (Å²) in [6.07, 6.45) is -2.78. The van der Waals surface area contributed by atoms with Crippen LogP contribution in [0.1, 0.15) is 11.1 Å². The quantitative estimate of drug-likeness (QED) is 0.228. The molecule has 11 heteroatoms. The van der Waals surface area contributed by atoms with Crippen LogP contribution in [0.3, 0.4) is 0 Å². The van der Waals surface area contributed by atoms with Gasteiger partial charge >= 0.3 is 15.6 Å². The van der Waals surface area contributed by atoms with Gasteiger partial charge in [-0.2, -0.15) is 21.6 Å². The smallest absolute Gasteiger partial charge is 0.368 e. The number of halogens is 3. The van der Waals surface area contributed by atoms with Gasteiger partial charge in [-0.05, 0) is 23.3 Å². The molecule has 198 valence electrons. The SMILES string of the molecule is O=S(=O)(OC[C@H]1O[C@H](Sc2ccccc2)[C@H](OCc2ccccc2)[C@H]1OCc1ccccc1)C(F)(F)F. The Kier molecular flexibility index (Phi) is 9.27. The first-order chi connectivity index (χ1) is 17.7. The van der Waals surface area contributed by atoms with Gasteiger partial charge in [-0.15, -0.1) is 0 Å². The van der Waals surface area contributed by atoms with Crippen molar-refractivity contribution >= 4 is 21.9 Å². The number of alkyl halides is 3. The normalized spacial score (nSPS) is 22.2. The molecule has 0 amide bonds. The lowest BCUT2D eigenvalue weighted by molar-refractivity contribution is -0.0840. The van der Waals surface area contributed by atoms with Crippen LogP contribution >= 0.6 is 11.8 Å². The molecule has 0 radical (unpaired) electrons. The van der Waals surface area contributed by atoms with E-state index in [-0.39, 0.29) is 13.2 Å². The van der Waals surface area contributed by atoms with E-state index in [4.69, 9.17) is 14.2 Å². The van der Waals surface area contributed by atoms with E-state index in [1.807, 2.05) is 91.0 Å². The molecule has 4 rings (SSSR count). The summed E-state index contributed by atoms with van der Waals surface area (Å²) in [4.78, 5) is 0.840. The number of ether oxygens (including phenoxy) is 3. The maximum absolute atomic E-state index is 12.9. The topological polar surface area (TPSA) is 71.1 Å². The van der Waals surface area contributed by atoms with Crippen molar-refractivity contribution in [3.63, 3.8) is 0 Å². The Balaban J connectivity index is 1.58. The van der Waals surface area contributed by atoms with Crippen molar-refractivity contribution in [2.24, 2.45) is 0 Å². The zero-order valence-electron chi connectivity index (χ0n) is 19.5. The van der Waals surface area contributed by atoms with Crippen LogP contribution in [0.25, 0.3) is 0 Å². The molecule has 1 aliphatic heterocycles. The number of hydrogen-bond acceptors (Lipinski definition) is 7. The van der Waals surface area contributed by atoms with Gasteiger partial charge in [0.2, 0.25) is 0 Å². The van der Waals surface area contributed by atoms with E-state index in [0.717, 1.165) is 16.0 Å². The van der Waals surface area contributed by atoms with Crippen LogP contribution in [0, 0.1) is 0 Å². The van der Waals surface area contributed by atoms with Gasteiger partial charge in [0.15, 0.2) is 0 Å². The highest BCUT2D eigenvalue weighted by Gasteiger charge is 2.51. The van der Waals surface area contributed by atoms with Crippen molar-refractivity contribution in [1.82, 2.24) is 0 Å². The minimum atomic E-state index is -5.81. The van der Waals surface area contributed by atoms with Crippen LogP contribution in [0.2, 0.25) is 0 Å². The predicted molar refractivity (Wildman–Crippen MR) is 132 cm³/mol. The highest BCUT2D eigenvalue weighted by molar-refractivity contribution is 7.99. The first-order valence-electron chi connectivity index (χ1n) is 11.4. The lowest BCUT2D eigenvalue weighted by atomic mass is 10.1. The fourth-order valence-electron chi connectivity index (χ4n) is 3.69. The molecule has 0 N–H and O–H groups in total. The molecule has 0 saturated carbocycles. The third kappa shape index (κ3) is 7.56. The lowest BCUT2D eigenvalue weighted by Crippen LogP contribution is -2.39. The third-order valence-corrected chi connectivity index (χ3v) is 7.67. The van der Waals surface area contributed by atoms with Gasteiger partial charge in [-0.3, -0.25) is 4.18 Å². The third-order valence-electron chi connectivity index (χ3n) is 5.50. The summed E-state index contributed by atoms with van der Waals surface area (Å²) in [5.74, 6) is 0. The maximum atomic E-state index is 12.9. The Labute approximate surface area is 217 Å². The molecule has 3 aromatic rings. The Morgan fingerprint density at radius 2 is 1.24 bits per heavy atom. The largest absolute Gasteiger partial charge is 0.523 e. The molecule has 0 bridgehead atoms. The molecule has 0 unspecified atom stereocenters. The van der Waals surface area contributed by atoms with Crippen molar-refractivity contribution in [2.75, 3.05) is 6.61 Å². The number of rotatable bonds is 11. The molecule has 1 aliphatic rings. The second-order valence-corrected chi connectivity index (χ2v) is 11.0. The van der Waals surface area contributed by atoms with Gasteiger partial charge in [0, 0.05) is 4.90 Å². The van der Waals surface area contributed by atoms with Crippen LogP contribution in [0.5, 0.6) is 0 Å². The van der Waals surface area contributed by atoms with Gasteiger partial charge in [0.05, 0.1) is 19.8 Å². The van der Waals surface area contributed by atoms with Gasteiger partial charge in [-0.25, -0.2) is 0 Å². The Morgan fingerprint density at radius 1 is 0.757 bits per heavy atom. The highest BCUT2D eigenvalue weighted by Crippen LogP contribution is 2.38. The van der Waals surface area contributed by atoms with Crippen LogP contribution < -0.4 is 0 Å². The Morgan fingerprint density at radius 3 is 1.76 bits per heavy atom. The molecule has 0 spiro atoms. The first kappa shape index (κ1) is 27.6. The molecule has 1 saturated heterocycles. The van der Waals surface area contributed by atoms with E-state index >= 15 is 0 Å². The standard InChI is InChI=1S/C26H25F3O6S2/c27-26(28,29)37(30,31)34-18-22-23(32-16-19-10-4-1-5-11-19)24(33-17-20-12-6-2-7-13-20)25(35-22)36-21-14-8-3-9-15-21/h1-15,22-25H,16-18H2/t22-,23+,24-,25-/m1/s1. The minimum Gasteiger partial charge on any atom is -0.368 e. The van der Waals surface area contributed by atoms with E-state index in [1.165, 1.54) is 11.8 Å². The van der Waals surface area contributed by atoms with Crippen molar-refractivity contribution in [2.45, 2.75) is 47.4 Å². The summed E-state index contributed by atoms with van der Waals surface area (Å²) >= 11 is 1.31. The van der Waals surface area contributed by atoms with Crippen molar-refractivity contribution in [1.29, 1.82) is 0 Å². The zero-order valence-corrected chi connectivity index (χ0v) is 21.1. The molecule has 1 heterocycles. The first-order valence-corrected chi connectivity index (χ1v) is 13.7. The molecule has 6 nitrogen and oxygen atoms in total. The Hall–Kier alpha value is -2.41. The summed E-state index contributed by atoms with van der Waals surface area (Å²) in [6.45, 7) is -0.565. The highest BCUT2D eigenvalue weighted by atomic mass is 32.2. The predicted octanol–water partition coefficient (Wildman–Crippen LogP) is 5.54. The molecule has 4 atom stereocenters. The van der Waals surface area contributed by atoms with Crippen LogP contribution in [0.4, 0.5) is 13.2 Å². The van der Waals surface area contributed by atoms with Crippen LogP contribution in [0.15, 0.2) is 95.9 Å². The van der Waals surface area contributed by atoms with Crippen molar-refractivity contribution in [3.8, 4) is 0 Å². The second-order valence-electron chi connectivity index (χ2n) is 8.18. The van der Waals surface area contributed by atoms with Crippen molar-refractivity contribution in [3.05, 3.63) is 102 Å². The summed E-state index contributed by atoms with van der Waals surface area (Å²) in [7, 11) is -5.81. The van der Waals surface area contributed by atoms with Crippen LogP contribution in [-0.2, 0) is 41.7 Å². The fraction of sp³-hybridized carbons (Fsp3) is 0.308. The van der Waals surface area contributed by atoms with Gasteiger partial charge < -0.3 is 14.2 Å². The molecule has 0 aliphatic carbocycles. The summed E-state index contributed by atoms with van der Waals surface area (Å²) < 4.78 is 84.6. The average Bonchev–Trinajstić information content (AvgIpc) is 3.22. The zero-order chi connectivity index (χ0) is 26.3. The number of benzene rings is 3. The second kappa shape index (κ2) is 12.4. The summed E-state index contributed by atoms with van der Waals surface area (Å²) in [5, 5.41) is 0. The summed E-state index contributed by atoms with van der Waals surface area (Å²) in [6, 6.07) is 27.8. The maximum Gasteiger partial charge on any atom is 0.523 e. The molecule has 0 aromatic heterocycles. The monoisotopic (exact) mass is 554 g/mol. The van der Waals surface area contributed by atoms with Crippen LogP contribution in [-0.4, -0.2) is 44.3 Å². The number of hydrogen-bond donors (Lipinski definition) is 0. The van der Waals surface area contributed by atoms with E-state index < -0.39 is 46.0 Å². The minimum absolute atomic E-state index is 0.116. The van der Waals surface area contributed by atoms with Crippen molar-refractivity contribution < 1.29 is 40.0 Å². The van der Waals surface area contributed by atoms with Gasteiger partial charge in [0.1, 0.15) is 23.7 Å². The molecule has 3 aromatic carbocycles.